The van der Waals surface area contributed by atoms with Gasteiger partial charge in [0.25, 0.3) is 0 Å². The summed E-state index contributed by atoms with van der Waals surface area (Å²) >= 11 is 0. The van der Waals surface area contributed by atoms with Gasteiger partial charge in [0.2, 0.25) is 0 Å². The van der Waals surface area contributed by atoms with Crippen LogP contribution in [0.4, 0.5) is 0 Å². The van der Waals surface area contributed by atoms with Gasteiger partial charge in [0, 0.05) is 37.5 Å². The second-order valence-electron chi connectivity index (χ2n) is 5.41. The van der Waals surface area contributed by atoms with Crippen molar-refractivity contribution in [3.63, 3.8) is 0 Å². The minimum atomic E-state index is 0.678. The largest absolute Gasteiger partial charge is 0.384 e. The number of fused-ring (bicyclic) bond motifs is 1. The van der Waals surface area contributed by atoms with E-state index in [1.807, 2.05) is 13.1 Å². The van der Waals surface area contributed by atoms with Crippen LogP contribution in [0.1, 0.15) is 17.7 Å². The van der Waals surface area contributed by atoms with E-state index in [4.69, 9.17) is 4.74 Å². The van der Waals surface area contributed by atoms with Crippen LogP contribution < -0.4 is 0 Å². The molecule has 5 heteroatoms. The van der Waals surface area contributed by atoms with Crippen LogP contribution in [0.25, 0.3) is 11.0 Å². The number of hydrogen-bond donors (Lipinski definition) is 1. The number of rotatable bonds is 4. The molecule has 1 fully saturated rings. The zero-order chi connectivity index (χ0) is 13.2. The van der Waals surface area contributed by atoms with E-state index < -0.39 is 0 Å². The lowest BCUT2D eigenvalue weighted by Gasteiger charge is -2.15. The monoisotopic (exact) mass is 260 g/mol. The van der Waals surface area contributed by atoms with E-state index in [0.717, 1.165) is 43.0 Å². The molecule has 2 aromatic heterocycles. The quantitative estimate of drug-likeness (QED) is 0.909. The molecule has 1 unspecified atom stereocenters. The summed E-state index contributed by atoms with van der Waals surface area (Å²) in [6.45, 7) is 6.14. The van der Waals surface area contributed by atoms with Crippen molar-refractivity contribution in [3.05, 3.63) is 23.5 Å². The highest BCUT2D eigenvalue weighted by Crippen LogP contribution is 2.20. The molecule has 1 aliphatic heterocycles. The number of methoxy groups -OCH3 is 1. The zero-order valence-corrected chi connectivity index (χ0v) is 11.5. The summed E-state index contributed by atoms with van der Waals surface area (Å²) in [5.74, 6) is 0.678. The Morgan fingerprint density at radius 2 is 2.42 bits per heavy atom. The molecule has 0 aliphatic carbocycles. The molecule has 2 aromatic rings. The molecule has 3 heterocycles. The molecule has 1 N–H and O–H groups in total. The van der Waals surface area contributed by atoms with Crippen LogP contribution in [-0.2, 0) is 11.3 Å². The summed E-state index contributed by atoms with van der Waals surface area (Å²) in [6.07, 6.45) is 3.17. The normalized spacial score (nSPS) is 20.4. The van der Waals surface area contributed by atoms with Crippen LogP contribution >= 0.6 is 0 Å². The number of nitrogens with one attached hydrogen (secondary N) is 1. The third-order valence-electron chi connectivity index (χ3n) is 3.84. The Labute approximate surface area is 113 Å². The number of ether oxygens (including phenoxy) is 1. The highest BCUT2D eigenvalue weighted by atomic mass is 16.5. The van der Waals surface area contributed by atoms with E-state index in [1.165, 1.54) is 12.0 Å². The number of aromatic amines is 1. The van der Waals surface area contributed by atoms with Crippen molar-refractivity contribution >= 4 is 11.0 Å². The molecule has 0 bridgehead atoms. The molecular weight excluding hydrogens is 240 g/mol. The molecule has 3 rings (SSSR count). The van der Waals surface area contributed by atoms with Gasteiger partial charge in [-0.1, -0.05) is 0 Å². The number of aryl methyl sites for hydroxylation is 1. The maximum Gasteiger partial charge on any atom is 0.181 e. The molecule has 0 aromatic carbocycles. The molecule has 0 amide bonds. The van der Waals surface area contributed by atoms with Gasteiger partial charge < -0.3 is 4.74 Å². The Bertz CT molecular complexity index is 566. The third kappa shape index (κ3) is 2.62. The molecule has 5 nitrogen and oxygen atoms in total. The van der Waals surface area contributed by atoms with Crippen molar-refractivity contribution in [3.8, 4) is 0 Å². The maximum absolute atomic E-state index is 5.24. The van der Waals surface area contributed by atoms with Crippen molar-refractivity contribution in [1.82, 2.24) is 20.1 Å². The van der Waals surface area contributed by atoms with Crippen molar-refractivity contribution in [2.75, 3.05) is 26.8 Å². The van der Waals surface area contributed by atoms with Gasteiger partial charge >= 0.3 is 0 Å². The van der Waals surface area contributed by atoms with Gasteiger partial charge in [-0.15, -0.1) is 0 Å². The highest BCUT2D eigenvalue weighted by molar-refractivity contribution is 5.77. The second-order valence-corrected chi connectivity index (χ2v) is 5.41. The first-order valence-corrected chi connectivity index (χ1v) is 6.77. The number of hydrogen-bond acceptors (Lipinski definition) is 4. The van der Waals surface area contributed by atoms with Gasteiger partial charge in [-0.3, -0.25) is 10.00 Å². The molecule has 0 spiro atoms. The smallest absolute Gasteiger partial charge is 0.181 e. The molecule has 1 atom stereocenters. The zero-order valence-electron chi connectivity index (χ0n) is 11.5. The second kappa shape index (κ2) is 5.27. The Hall–Kier alpha value is -1.46. The van der Waals surface area contributed by atoms with Crippen LogP contribution in [0.3, 0.4) is 0 Å². The van der Waals surface area contributed by atoms with Gasteiger partial charge in [-0.05, 0) is 37.4 Å². The van der Waals surface area contributed by atoms with Crippen LogP contribution in [-0.4, -0.2) is 46.9 Å². The average molecular weight is 260 g/mol. The van der Waals surface area contributed by atoms with Crippen molar-refractivity contribution < 1.29 is 4.74 Å². The van der Waals surface area contributed by atoms with Crippen LogP contribution in [0.2, 0.25) is 0 Å². The van der Waals surface area contributed by atoms with Crippen molar-refractivity contribution in [2.24, 2.45) is 5.92 Å². The topological polar surface area (TPSA) is 54.0 Å². The summed E-state index contributed by atoms with van der Waals surface area (Å²) in [5.41, 5.74) is 3.15. The van der Waals surface area contributed by atoms with E-state index >= 15 is 0 Å². The van der Waals surface area contributed by atoms with E-state index in [2.05, 4.69) is 26.1 Å². The molecule has 0 saturated carbocycles. The number of nitrogens with zero attached hydrogens (tertiary/aromatic N) is 3. The lowest BCUT2D eigenvalue weighted by molar-refractivity contribution is 0.152. The fraction of sp³-hybridized carbons (Fsp3) is 0.571. The van der Waals surface area contributed by atoms with Crippen LogP contribution in [0.5, 0.6) is 0 Å². The number of likely N-dealkylation sites (tertiary alicyclic amines) is 1. The number of aromatic nitrogens is 3. The number of H-pyrrole nitrogens is 1. The molecule has 102 valence electrons. The highest BCUT2D eigenvalue weighted by Gasteiger charge is 2.22. The van der Waals surface area contributed by atoms with E-state index in [-0.39, 0.29) is 0 Å². The van der Waals surface area contributed by atoms with E-state index in [1.54, 1.807) is 7.11 Å². The van der Waals surface area contributed by atoms with Gasteiger partial charge in [-0.25, -0.2) is 4.98 Å². The van der Waals surface area contributed by atoms with Gasteiger partial charge in [0.15, 0.2) is 5.65 Å². The molecule has 1 saturated heterocycles. The Balaban J connectivity index is 1.70. The lowest BCUT2D eigenvalue weighted by Crippen LogP contribution is -2.21. The Kier molecular flexibility index (Phi) is 3.48. The third-order valence-corrected chi connectivity index (χ3v) is 3.84. The van der Waals surface area contributed by atoms with Crippen molar-refractivity contribution in [2.45, 2.75) is 19.9 Å². The maximum atomic E-state index is 5.24. The minimum absolute atomic E-state index is 0.678. The summed E-state index contributed by atoms with van der Waals surface area (Å²) in [7, 11) is 1.78. The van der Waals surface area contributed by atoms with Crippen LogP contribution in [0.15, 0.2) is 12.3 Å². The molecule has 19 heavy (non-hydrogen) atoms. The summed E-state index contributed by atoms with van der Waals surface area (Å²) in [5, 5.41) is 8.27. The average Bonchev–Trinajstić information content (AvgIpc) is 2.98. The van der Waals surface area contributed by atoms with E-state index in [9.17, 15) is 0 Å². The lowest BCUT2D eigenvalue weighted by atomic mass is 10.1. The fourth-order valence-corrected chi connectivity index (χ4v) is 2.84. The fourth-order valence-electron chi connectivity index (χ4n) is 2.84. The predicted octanol–water partition coefficient (Wildman–Crippen LogP) is 1.73. The Morgan fingerprint density at radius 3 is 3.26 bits per heavy atom. The van der Waals surface area contributed by atoms with E-state index in [0.29, 0.717) is 5.92 Å². The molecule has 1 aliphatic rings. The standard InChI is InChI=1S/C14H20N4O/c1-10-13-5-12(6-15-14(13)17-16-10)8-18-4-3-11(7-18)9-19-2/h5-6,11H,3-4,7-9H2,1-2H3,(H,15,16,17). The molecular formula is C14H20N4O. The van der Waals surface area contributed by atoms with Crippen LogP contribution in [0, 0.1) is 12.8 Å². The summed E-state index contributed by atoms with van der Waals surface area (Å²) < 4.78 is 5.24. The molecule has 0 radical (unpaired) electrons. The minimum Gasteiger partial charge on any atom is -0.384 e. The first-order chi connectivity index (χ1) is 9.26. The summed E-state index contributed by atoms with van der Waals surface area (Å²) in [6, 6.07) is 2.20. The SMILES string of the molecule is COCC1CCN(Cc2cnc3n[nH]c(C)c3c2)C1. The van der Waals surface area contributed by atoms with Crippen molar-refractivity contribution in [1.29, 1.82) is 0 Å². The van der Waals surface area contributed by atoms with Gasteiger partial charge in [0.05, 0.1) is 6.61 Å². The van der Waals surface area contributed by atoms with Gasteiger partial charge in [0.1, 0.15) is 0 Å². The first kappa shape index (κ1) is 12.6. The first-order valence-electron chi connectivity index (χ1n) is 6.77. The summed E-state index contributed by atoms with van der Waals surface area (Å²) in [4.78, 5) is 6.88. The number of pyridine rings is 1. The Morgan fingerprint density at radius 1 is 1.53 bits per heavy atom. The predicted molar refractivity (Wildman–Crippen MR) is 73.9 cm³/mol. The van der Waals surface area contributed by atoms with Gasteiger partial charge in [-0.2, -0.15) is 5.10 Å².